The number of nitrogens with zero attached hydrogens (tertiary/aromatic N) is 1. The molecule has 0 aliphatic rings. The van der Waals surface area contributed by atoms with Crippen molar-refractivity contribution in [2.75, 3.05) is 25.4 Å². The van der Waals surface area contributed by atoms with E-state index in [1.54, 1.807) is 36.1 Å². The van der Waals surface area contributed by atoms with Crippen LogP contribution in [0, 0.1) is 11.8 Å². The summed E-state index contributed by atoms with van der Waals surface area (Å²) in [5.74, 6) is 0.279. The zero-order valence-electron chi connectivity index (χ0n) is 15.8. The minimum Gasteiger partial charge on any atom is -0.452 e. The van der Waals surface area contributed by atoms with Gasteiger partial charge in [-0.1, -0.05) is 46.8 Å². The summed E-state index contributed by atoms with van der Waals surface area (Å²) >= 11 is 0. The molecule has 0 heterocycles. The molecule has 0 saturated carbocycles. The molecule has 5 nitrogen and oxygen atoms in total. The normalized spacial score (nSPS) is 12.3. The van der Waals surface area contributed by atoms with Gasteiger partial charge < -0.3 is 9.64 Å². The fraction of sp³-hybridized carbons (Fsp3) is 0.579. The third-order valence-electron chi connectivity index (χ3n) is 3.46. The van der Waals surface area contributed by atoms with Crippen LogP contribution in [0.4, 0.5) is 0 Å². The molecule has 0 radical (unpaired) electrons. The van der Waals surface area contributed by atoms with Gasteiger partial charge in [0.1, 0.15) is 0 Å². The first-order valence-electron chi connectivity index (χ1n) is 8.68. The van der Waals surface area contributed by atoms with Gasteiger partial charge in [-0.05, 0) is 24.0 Å². The molecule has 1 aromatic rings. The molecular formula is C19H29NO4S. The summed E-state index contributed by atoms with van der Waals surface area (Å²) in [4.78, 5) is 26.9. The Morgan fingerprint density at radius 3 is 2.16 bits per heavy atom. The van der Waals surface area contributed by atoms with Gasteiger partial charge in [0.2, 0.25) is 0 Å². The molecular weight excluding hydrogens is 338 g/mol. The number of benzene rings is 1. The van der Waals surface area contributed by atoms with Gasteiger partial charge in [-0.3, -0.25) is 9.00 Å². The molecule has 1 rings (SSSR count). The lowest BCUT2D eigenvalue weighted by atomic mass is 10.1. The second kappa shape index (κ2) is 10.3. The zero-order chi connectivity index (χ0) is 19.0. The molecule has 1 amide bonds. The fourth-order valence-corrected chi connectivity index (χ4v) is 3.38. The van der Waals surface area contributed by atoms with Crippen molar-refractivity contribution < 1.29 is 18.5 Å². The number of carbonyl (C=O) groups is 2. The van der Waals surface area contributed by atoms with Gasteiger partial charge in [-0.15, -0.1) is 0 Å². The molecule has 0 aromatic heterocycles. The number of hydrogen-bond donors (Lipinski definition) is 0. The van der Waals surface area contributed by atoms with Crippen LogP contribution in [-0.2, 0) is 20.3 Å². The lowest BCUT2D eigenvalue weighted by Crippen LogP contribution is -2.39. The van der Waals surface area contributed by atoms with E-state index in [4.69, 9.17) is 4.74 Å². The highest BCUT2D eigenvalue weighted by Crippen LogP contribution is 2.15. The molecule has 0 bridgehead atoms. The van der Waals surface area contributed by atoms with Gasteiger partial charge in [0.15, 0.2) is 6.61 Å². The summed E-state index contributed by atoms with van der Waals surface area (Å²) in [6.07, 6.45) is 0. The van der Waals surface area contributed by atoms with Gasteiger partial charge >= 0.3 is 5.97 Å². The van der Waals surface area contributed by atoms with Gasteiger partial charge in [0.25, 0.3) is 5.91 Å². The van der Waals surface area contributed by atoms with Gasteiger partial charge in [0, 0.05) is 18.8 Å². The first-order valence-corrected chi connectivity index (χ1v) is 10.00. The van der Waals surface area contributed by atoms with Crippen LogP contribution in [0.25, 0.3) is 0 Å². The first kappa shape index (κ1) is 21.4. The summed E-state index contributed by atoms with van der Waals surface area (Å²) in [5, 5.41) is 0. The Morgan fingerprint density at radius 2 is 1.64 bits per heavy atom. The molecule has 1 atom stereocenters. The maximum atomic E-state index is 12.4. The summed E-state index contributed by atoms with van der Waals surface area (Å²) < 4.78 is 17.3. The molecule has 0 spiro atoms. The van der Waals surface area contributed by atoms with Crippen molar-refractivity contribution in [3.63, 3.8) is 0 Å². The van der Waals surface area contributed by atoms with E-state index in [1.165, 1.54) is 0 Å². The van der Waals surface area contributed by atoms with Crippen molar-refractivity contribution in [2.45, 2.75) is 39.5 Å². The van der Waals surface area contributed by atoms with Crippen molar-refractivity contribution in [3.05, 3.63) is 29.8 Å². The molecule has 0 aliphatic carbocycles. The molecule has 6 heteroatoms. The number of hydrogen-bond acceptors (Lipinski definition) is 4. The van der Waals surface area contributed by atoms with Crippen molar-refractivity contribution in [2.24, 2.45) is 11.8 Å². The maximum absolute atomic E-state index is 12.4. The zero-order valence-corrected chi connectivity index (χ0v) is 16.6. The third-order valence-corrected chi connectivity index (χ3v) is 4.84. The Labute approximate surface area is 153 Å². The van der Waals surface area contributed by atoms with Crippen molar-refractivity contribution in [1.82, 2.24) is 4.90 Å². The molecule has 0 saturated heterocycles. The predicted molar refractivity (Wildman–Crippen MR) is 99.9 cm³/mol. The lowest BCUT2D eigenvalue weighted by molar-refractivity contribution is -0.135. The average molecular weight is 368 g/mol. The highest BCUT2D eigenvalue weighted by Gasteiger charge is 2.20. The smallest absolute Gasteiger partial charge is 0.339 e. The highest BCUT2D eigenvalue weighted by atomic mass is 32.2. The van der Waals surface area contributed by atoms with Crippen LogP contribution in [0.5, 0.6) is 0 Å². The number of carbonyl (C=O) groups excluding carboxylic acids is 2. The van der Waals surface area contributed by atoms with Crippen LogP contribution in [-0.4, -0.2) is 46.4 Å². The monoisotopic (exact) mass is 367 g/mol. The molecule has 1 aromatic carbocycles. The topological polar surface area (TPSA) is 63.7 Å². The average Bonchev–Trinajstić information content (AvgIpc) is 2.57. The predicted octanol–water partition coefficient (Wildman–Crippen LogP) is 3.11. The van der Waals surface area contributed by atoms with Crippen LogP contribution in [0.3, 0.4) is 0 Å². The molecule has 140 valence electrons. The van der Waals surface area contributed by atoms with Gasteiger partial charge in [-0.25, -0.2) is 4.79 Å². The summed E-state index contributed by atoms with van der Waals surface area (Å²) in [6.45, 7) is 10.9. The van der Waals surface area contributed by atoms with E-state index in [1.807, 2.05) is 27.7 Å². The summed E-state index contributed by atoms with van der Waals surface area (Å²) in [5.41, 5.74) is 0.259. The standard InChI is InChI=1S/C19H29NO4S/c1-6-25(23)17-10-8-7-9-16(17)19(22)24-13-18(21)20(11-14(2)3)12-15(4)5/h7-10,14-15H,6,11-13H2,1-5H3. The molecule has 0 N–H and O–H groups in total. The van der Waals surface area contributed by atoms with E-state index in [9.17, 15) is 13.8 Å². The first-order chi connectivity index (χ1) is 11.8. The Hall–Kier alpha value is -1.69. The number of ether oxygens (including phenoxy) is 1. The van der Waals surface area contributed by atoms with Gasteiger partial charge in [-0.2, -0.15) is 0 Å². The number of esters is 1. The molecule has 1 unspecified atom stereocenters. The number of amides is 1. The Bertz CT molecular complexity index is 603. The Kier molecular flexibility index (Phi) is 8.83. The largest absolute Gasteiger partial charge is 0.452 e. The second-order valence-corrected chi connectivity index (χ2v) is 8.50. The highest BCUT2D eigenvalue weighted by molar-refractivity contribution is 7.85. The minimum absolute atomic E-state index is 0.204. The van der Waals surface area contributed by atoms with Crippen LogP contribution >= 0.6 is 0 Å². The lowest BCUT2D eigenvalue weighted by Gasteiger charge is -2.26. The Morgan fingerprint density at radius 1 is 1.08 bits per heavy atom. The van der Waals surface area contributed by atoms with Crippen LogP contribution < -0.4 is 0 Å². The third kappa shape index (κ3) is 6.98. The van der Waals surface area contributed by atoms with Crippen molar-refractivity contribution in [1.29, 1.82) is 0 Å². The maximum Gasteiger partial charge on any atom is 0.339 e. The van der Waals surface area contributed by atoms with Crippen LogP contribution in [0.2, 0.25) is 0 Å². The van der Waals surface area contributed by atoms with Crippen LogP contribution in [0.15, 0.2) is 29.2 Å². The van der Waals surface area contributed by atoms with E-state index in [-0.39, 0.29) is 18.1 Å². The van der Waals surface area contributed by atoms with E-state index in [0.29, 0.717) is 35.6 Å². The SMILES string of the molecule is CCS(=O)c1ccccc1C(=O)OCC(=O)N(CC(C)C)CC(C)C. The fourth-order valence-electron chi connectivity index (χ4n) is 2.45. The quantitative estimate of drug-likeness (QED) is 0.629. The van der Waals surface area contributed by atoms with Crippen molar-refractivity contribution in [3.8, 4) is 0 Å². The van der Waals surface area contributed by atoms with E-state index in [2.05, 4.69) is 0 Å². The number of rotatable bonds is 9. The van der Waals surface area contributed by atoms with E-state index in [0.717, 1.165) is 0 Å². The second-order valence-electron chi connectivity index (χ2n) is 6.79. The van der Waals surface area contributed by atoms with Gasteiger partial charge in [0.05, 0.1) is 21.3 Å². The molecule has 0 aliphatic heterocycles. The van der Waals surface area contributed by atoms with E-state index >= 15 is 0 Å². The van der Waals surface area contributed by atoms with Crippen LogP contribution in [0.1, 0.15) is 45.0 Å². The minimum atomic E-state index is -1.26. The summed E-state index contributed by atoms with van der Waals surface area (Å²) in [6, 6.07) is 6.66. The van der Waals surface area contributed by atoms with E-state index < -0.39 is 16.8 Å². The molecule has 0 fully saturated rings. The Balaban J connectivity index is 2.78. The summed E-state index contributed by atoms with van der Waals surface area (Å²) in [7, 11) is -1.26. The molecule has 25 heavy (non-hydrogen) atoms. The van der Waals surface area contributed by atoms with Crippen molar-refractivity contribution >= 4 is 22.7 Å².